The number of hydrogen-bond donors (Lipinski definition) is 2. The molecule has 0 aliphatic heterocycles. The monoisotopic (exact) mass is 307 g/mol. The minimum absolute atomic E-state index is 0.165. The Balaban J connectivity index is 2.05. The Morgan fingerprint density at radius 1 is 1.14 bits per heavy atom. The van der Waals surface area contributed by atoms with Crippen LogP contribution in [0.15, 0.2) is 47.5 Å². The topological polar surface area (TPSA) is 94.3 Å². The first-order valence-electron chi connectivity index (χ1n) is 6.33. The number of nitrogens with one attached hydrogen (secondary N) is 1. The van der Waals surface area contributed by atoms with Crippen molar-refractivity contribution in [1.82, 2.24) is 9.71 Å². The summed E-state index contributed by atoms with van der Waals surface area (Å²) >= 11 is 0. The van der Waals surface area contributed by atoms with Crippen molar-refractivity contribution < 1.29 is 13.2 Å². The van der Waals surface area contributed by atoms with Gasteiger partial charge in [0.1, 0.15) is 0 Å². The molecule has 0 aliphatic carbocycles. The van der Waals surface area contributed by atoms with Crippen molar-refractivity contribution in [2.75, 3.05) is 7.11 Å². The van der Waals surface area contributed by atoms with E-state index in [0.29, 0.717) is 12.4 Å². The van der Waals surface area contributed by atoms with Crippen molar-refractivity contribution >= 4 is 10.0 Å². The van der Waals surface area contributed by atoms with Gasteiger partial charge in [-0.25, -0.2) is 18.1 Å². The summed E-state index contributed by atoms with van der Waals surface area (Å²) < 4.78 is 31.8. The van der Waals surface area contributed by atoms with Gasteiger partial charge in [-0.15, -0.1) is 0 Å². The third-order valence-electron chi connectivity index (χ3n) is 2.94. The second kappa shape index (κ2) is 6.66. The molecule has 0 aliphatic rings. The van der Waals surface area contributed by atoms with Gasteiger partial charge in [-0.2, -0.15) is 0 Å². The number of methoxy groups -OCH3 is 1. The van der Waals surface area contributed by atoms with Crippen molar-refractivity contribution in [3.05, 3.63) is 53.7 Å². The Hall–Kier alpha value is -1.96. The van der Waals surface area contributed by atoms with Crippen LogP contribution >= 0.6 is 0 Å². The molecule has 0 radical (unpaired) electrons. The van der Waals surface area contributed by atoms with Gasteiger partial charge in [0, 0.05) is 25.4 Å². The summed E-state index contributed by atoms with van der Waals surface area (Å²) in [5.74, 6) is 0.485. The van der Waals surface area contributed by atoms with Crippen LogP contribution in [0.3, 0.4) is 0 Å². The molecule has 0 spiro atoms. The molecule has 2 aromatic rings. The van der Waals surface area contributed by atoms with Crippen LogP contribution in [0.2, 0.25) is 0 Å². The van der Waals surface area contributed by atoms with Crippen LogP contribution in [0.25, 0.3) is 0 Å². The van der Waals surface area contributed by atoms with Crippen LogP contribution in [0.5, 0.6) is 5.88 Å². The summed E-state index contributed by atoms with van der Waals surface area (Å²) in [5, 5.41) is 0. The summed E-state index contributed by atoms with van der Waals surface area (Å²) in [6.45, 7) is 0.545. The molecule has 3 N–H and O–H groups in total. The van der Waals surface area contributed by atoms with Gasteiger partial charge in [0.2, 0.25) is 15.9 Å². The van der Waals surface area contributed by atoms with Crippen LogP contribution in [0, 0.1) is 0 Å². The quantitative estimate of drug-likeness (QED) is 0.831. The van der Waals surface area contributed by atoms with Crippen LogP contribution in [0.1, 0.15) is 11.1 Å². The van der Waals surface area contributed by atoms with E-state index in [4.69, 9.17) is 10.5 Å². The standard InChI is InChI=1S/C14H17N3O3S/c1-20-14-7-4-12(9-16-14)10-17-21(18,19)13-5-2-11(8-15)3-6-13/h2-7,9,17H,8,10,15H2,1H3. The molecule has 0 unspecified atom stereocenters. The molecular weight excluding hydrogens is 290 g/mol. The number of benzene rings is 1. The van der Waals surface area contributed by atoms with Crippen molar-refractivity contribution in [2.45, 2.75) is 18.0 Å². The molecule has 0 amide bonds. The highest BCUT2D eigenvalue weighted by Gasteiger charge is 2.13. The number of rotatable bonds is 6. The molecule has 0 bridgehead atoms. The first kappa shape index (κ1) is 15.4. The maximum Gasteiger partial charge on any atom is 0.240 e. The summed E-state index contributed by atoms with van der Waals surface area (Å²) in [6.07, 6.45) is 1.57. The van der Waals surface area contributed by atoms with E-state index >= 15 is 0 Å². The van der Waals surface area contributed by atoms with Gasteiger partial charge in [-0.05, 0) is 23.3 Å². The Morgan fingerprint density at radius 2 is 1.81 bits per heavy atom. The number of pyridine rings is 1. The molecule has 1 heterocycles. The van der Waals surface area contributed by atoms with Crippen molar-refractivity contribution in [3.8, 4) is 5.88 Å². The summed E-state index contributed by atoms with van der Waals surface area (Å²) in [6, 6.07) is 9.91. The van der Waals surface area contributed by atoms with Crippen LogP contribution in [-0.4, -0.2) is 20.5 Å². The minimum Gasteiger partial charge on any atom is -0.481 e. The van der Waals surface area contributed by atoms with Crippen molar-refractivity contribution in [2.24, 2.45) is 5.73 Å². The zero-order chi connectivity index (χ0) is 15.3. The predicted molar refractivity (Wildman–Crippen MR) is 79.1 cm³/mol. The SMILES string of the molecule is COc1ccc(CNS(=O)(=O)c2ccc(CN)cc2)cn1. The van der Waals surface area contributed by atoms with Gasteiger partial charge in [-0.1, -0.05) is 18.2 Å². The van der Waals surface area contributed by atoms with Crippen LogP contribution < -0.4 is 15.2 Å². The number of nitrogens with two attached hydrogens (primary N) is 1. The highest BCUT2D eigenvalue weighted by molar-refractivity contribution is 7.89. The van der Waals surface area contributed by atoms with Gasteiger partial charge in [0.15, 0.2) is 0 Å². The highest BCUT2D eigenvalue weighted by atomic mass is 32.2. The van der Waals surface area contributed by atoms with Gasteiger partial charge >= 0.3 is 0 Å². The molecule has 6 nitrogen and oxygen atoms in total. The first-order valence-corrected chi connectivity index (χ1v) is 7.81. The number of ether oxygens (including phenoxy) is 1. The fourth-order valence-corrected chi connectivity index (χ4v) is 2.72. The molecule has 2 rings (SSSR count). The van der Waals surface area contributed by atoms with E-state index in [2.05, 4.69) is 9.71 Å². The lowest BCUT2D eigenvalue weighted by atomic mass is 10.2. The molecule has 112 valence electrons. The predicted octanol–water partition coefficient (Wildman–Crippen LogP) is 1.03. The normalized spacial score (nSPS) is 11.3. The van der Waals surface area contributed by atoms with Gasteiger partial charge in [0.25, 0.3) is 0 Å². The van der Waals surface area contributed by atoms with Crippen LogP contribution in [-0.2, 0) is 23.1 Å². The molecule has 1 aromatic carbocycles. The lowest BCUT2D eigenvalue weighted by Crippen LogP contribution is -2.23. The molecule has 21 heavy (non-hydrogen) atoms. The van der Waals surface area contributed by atoms with Crippen molar-refractivity contribution in [1.29, 1.82) is 0 Å². The number of aromatic nitrogens is 1. The van der Waals surface area contributed by atoms with E-state index in [1.165, 1.54) is 19.2 Å². The van der Waals surface area contributed by atoms with Gasteiger partial charge in [-0.3, -0.25) is 0 Å². The molecule has 0 atom stereocenters. The zero-order valence-electron chi connectivity index (χ0n) is 11.6. The number of sulfonamides is 1. The smallest absolute Gasteiger partial charge is 0.240 e. The Labute approximate surface area is 124 Å². The average molecular weight is 307 g/mol. The van der Waals surface area contributed by atoms with E-state index in [-0.39, 0.29) is 11.4 Å². The van der Waals surface area contributed by atoms with Crippen molar-refractivity contribution in [3.63, 3.8) is 0 Å². The lowest BCUT2D eigenvalue weighted by molar-refractivity contribution is 0.397. The second-order valence-corrected chi connectivity index (χ2v) is 6.15. The molecule has 7 heteroatoms. The van der Waals surface area contributed by atoms with E-state index in [0.717, 1.165) is 11.1 Å². The molecule has 0 saturated carbocycles. The van der Waals surface area contributed by atoms with Gasteiger partial charge in [0.05, 0.1) is 12.0 Å². The Kier molecular flexibility index (Phi) is 4.89. The fourth-order valence-electron chi connectivity index (χ4n) is 1.70. The molecule has 0 saturated heterocycles. The van der Waals surface area contributed by atoms with E-state index < -0.39 is 10.0 Å². The average Bonchev–Trinajstić information content (AvgIpc) is 2.53. The highest BCUT2D eigenvalue weighted by Crippen LogP contribution is 2.12. The summed E-state index contributed by atoms with van der Waals surface area (Å²) in [5.41, 5.74) is 7.12. The Morgan fingerprint density at radius 3 is 2.33 bits per heavy atom. The largest absolute Gasteiger partial charge is 0.481 e. The maximum absolute atomic E-state index is 12.1. The first-order chi connectivity index (χ1) is 10.0. The Bertz CT molecular complexity index is 682. The fraction of sp³-hybridized carbons (Fsp3) is 0.214. The third kappa shape index (κ3) is 4.01. The van der Waals surface area contributed by atoms with Crippen LogP contribution in [0.4, 0.5) is 0 Å². The third-order valence-corrected chi connectivity index (χ3v) is 4.36. The minimum atomic E-state index is -3.55. The summed E-state index contributed by atoms with van der Waals surface area (Å²) in [7, 11) is -2.03. The zero-order valence-corrected chi connectivity index (χ0v) is 12.4. The summed E-state index contributed by atoms with van der Waals surface area (Å²) in [4.78, 5) is 4.23. The lowest BCUT2D eigenvalue weighted by Gasteiger charge is -2.07. The maximum atomic E-state index is 12.1. The second-order valence-electron chi connectivity index (χ2n) is 4.38. The molecule has 1 aromatic heterocycles. The van der Waals surface area contributed by atoms with E-state index in [9.17, 15) is 8.42 Å². The van der Waals surface area contributed by atoms with Gasteiger partial charge < -0.3 is 10.5 Å². The van der Waals surface area contributed by atoms with E-state index in [1.807, 2.05) is 0 Å². The molecule has 0 fully saturated rings. The van der Waals surface area contributed by atoms with E-state index in [1.54, 1.807) is 30.5 Å². The number of hydrogen-bond acceptors (Lipinski definition) is 5. The molecular formula is C14H17N3O3S. The number of nitrogens with zero attached hydrogens (tertiary/aromatic N) is 1.